The predicted octanol–water partition coefficient (Wildman–Crippen LogP) is 4.03. The van der Waals surface area contributed by atoms with Crippen LogP contribution >= 0.6 is 23.4 Å². The van der Waals surface area contributed by atoms with Crippen LogP contribution in [-0.2, 0) is 9.59 Å². The van der Waals surface area contributed by atoms with Crippen molar-refractivity contribution in [3.05, 3.63) is 58.0 Å². The molecule has 0 radical (unpaired) electrons. The molecule has 1 saturated heterocycles. The molecule has 0 spiro atoms. The molecule has 9 heteroatoms. The molecule has 0 saturated carbocycles. The minimum atomic E-state index is -0.538. The fourth-order valence-corrected chi connectivity index (χ4v) is 3.65. The lowest BCUT2D eigenvalue weighted by Crippen LogP contribution is -2.36. The zero-order valence-electron chi connectivity index (χ0n) is 15.6. The molecule has 7 nitrogen and oxygen atoms in total. The van der Waals surface area contributed by atoms with Crippen LogP contribution in [0.15, 0.2) is 47.4 Å². The van der Waals surface area contributed by atoms with Crippen LogP contribution in [0.25, 0.3) is 6.08 Å². The zero-order chi connectivity index (χ0) is 21.0. The molecule has 150 valence electrons. The van der Waals surface area contributed by atoms with E-state index in [1.54, 1.807) is 48.5 Å². The topological polar surface area (TPSA) is 84.9 Å². The second-order valence-electron chi connectivity index (χ2n) is 5.91. The highest BCUT2D eigenvalue weighted by Crippen LogP contribution is 2.34. The Bertz CT molecular complexity index is 1010. The highest BCUT2D eigenvalue weighted by Gasteiger charge is 2.36. The van der Waals surface area contributed by atoms with Crippen LogP contribution in [-0.4, -0.2) is 42.7 Å². The van der Waals surface area contributed by atoms with Crippen molar-refractivity contribution >= 4 is 52.2 Å². The summed E-state index contributed by atoms with van der Waals surface area (Å²) in [6, 6.07) is 11.8. The third kappa shape index (κ3) is 4.72. The summed E-state index contributed by atoms with van der Waals surface area (Å²) in [7, 11) is 3.03. The lowest BCUT2D eigenvalue weighted by atomic mass is 10.2. The molecule has 1 N–H and O–H groups in total. The maximum absolute atomic E-state index is 12.6. The largest absolute Gasteiger partial charge is 0.493 e. The van der Waals surface area contributed by atoms with Gasteiger partial charge in [0.15, 0.2) is 11.5 Å². The third-order valence-electron chi connectivity index (χ3n) is 4.03. The molecule has 2 aromatic carbocycles. The first-order valence-electron chi connectivity index (χ1n) is 8.44. The third-order valence-corrected chi connectivity index (χ3v) is 5.27. The van der Waals surface area contributed by atoms with Crippen molar-refractivity contribution in [2.45, 2.75) is 0 Å². The maximum Gasteiger partial charge on any atom is 0.294 e. The smallest absolute Gasteiger partial charge is 0.294 e. The van der Waals surface area contributed by atoms with Crippen molar-refractivity contribution in [1.29, 1.82) is 0 Å². The fraction of sp³-hybridized carbons (Fsp3) is 0.150. The zero-order valence-corrected chi connectivity index (χ0v) is 17.2. The first-order valence-corrected chi connectivity index (χ1v) is 9.64. The second-order valence-corrected chi connectivity index (χ2v) is 7.31. The number of halogens is 1. The fourth-order valence-electron chi connectivity index (χ4n) is 2.63. The van der Waals surface area contributed by atoms with E-state index < -0.39 is 23.6 Å². The van der Waals surface area contributed by atoms with Crippen LogP contribution in [0.5, 0.6) is 11.5 Å². The van der Waals surface area contributed by atoms with Crippen molar-refractivity contribution in [3.8, 4) is 11.5 Å². The van der Waals surface area contributed by atoms with E-state index in [2.05, 4.69) is 5.32 Å². The Hall–Kier alpha value is -2.97. The first kappa shape index (κ1) is 20.8. The summed E-state index contributed by atoms with van der Waals surface area (Å²) in [4.78, 5) is 38.2. The molecule has 0 aliphatic carbocycles. The summed E-state index contributed by atoms with van der Waals surface area (Å²) in [5.41, 5.74) is 1.07. The van der Waals surface area contributed by atoms with E-state index in [0.717, 1.165) is 16.7 Å². The van der Waals surface area contributed by atoms with Crippen molar-refractivity contribution in [2.24, 2.45) is 0 Å². The summed E-state index contributed by atoms with van der Waals surface area (Å²) < 4.78 is 10.4. The van der Waals surface area contributed by atoms with Gasteiger partial charge in [0.05, 0.1) is 29.8 Å². The Morgan fingerprint density at radius 2 is 1.86 bits per heavy atom. The molecule has 1 heterocycles. The van der Waals surface area contributed by atoms with E-state index in [-0.39, 0.29) is 4.91 Å². The Balaban J connectivity index is 1.73. The average Bonchev–Trinajstić information content (AvgIpc) is 2.97. The minimum absolute atomic E-state index is 0.216. The quantitative estimate of drug-likeness (QED) is 0.693. The van der Waals surface area contributed by atoms with Crippen molar-refractivity contribution < 1.29 is 23.9 Å². The molecule has 1 fully saturated rings. The summed E-state index contributed by atoms with van der Waals surface area (Å²) in [6.07, 6.45) is 1.57. The van der Waals surface area contributed by atoms with E-state index >= 15 is 0 Å². The molecule has 0 bridgehead atoms. The van der Waals surface area contributed by atoms with Gasteiger partial charge in [0, 0.05) is 0 Å². The summed E-state index contributed by atoms with van der Waals surface area (Å²) in [5, 5.41) is 2.44. The SMILES string of the molecule is COc1ccc(C=C2SC(=O)N(CC(=O)Nc3ccccc3Cl)C2=O)cc1OC. The Morgan fingerprint density at radius 3 is 2.55 bits per heavy atom. The van der Waals surface area contributed by atoms with Gasteiger partial charge in [0.25, 0.3) is 11.1 Å². The first-order chi connectivity index (χ1) is 13.9. The second kappa shape index (κ2) is 9.02. The number of hydrogen-bond acceptors (Lipinski definition) is 6. The lowest BCUT2D eigenvalue weighted by Gasteiger charge is -2.13. The summed E-state index contributed by atoms with van der Waals surface area (Å²) >= 11 is 6.78. The van der Waals surface area contributed by atoms with Crippen LogP contribution in [0.2, 0.25) is 5.02 Å². The molecule has 0 aromatic heterocycles. The molecule has 29 heavy (non-hydrogen) atoms. The van der Waals surface area contributed by atoms with Crippen molar-refractivity contribution in [1.82, 2.24) is 4.90 Å². The highest BCUT2D eigenvalue weighted by molar-refractivity contribution is 8.18. The molecule has 1 aliphatic rings. The number of para-hydroxylation sites is 1. The molecule has 3 amide bonds. The van der Waals surface area contributed by atoms with Gasteiger partial charge in [-0.1, -0.05) is 29.8 Å². The molecule has 1 aliphatic heterocycles. The normalized spacial score (nSPS) is 15.0. The number of rotatable bonds is 6. The van der Waals surface area contributed by atoms with E-state index in [4.69, 9.17) is 21.1 Å². The number of amides is 3. The van der Waals surface area contributed by atoms with Gasteiger partial charge in [0.2, 0.25) is 5.91 Å². The number of carbonyl (C=O) groups is 3. The molecule has 2 aromatic rings. The number of nitrogens with zero attached hydrogens (tertiary/aromatic N) is 1. The summed E-state index contributed by atoms with van der Waals surface area (Å²) in [6.45, 7) is -0.404. The molecular weight excluding hydrogens is 416 g/mol. The number of methoxy groups -OCH3 is 2. The van der Waals surface area contributed by atoms with Gasteiger partial charge in [-0.15, -0.1) is 0 Å². The number of nitrogens with one attached hydrogen (secondary N) is 1. The van der Waals surface area contributed by atoms with Crippen LogP contribution < -0.4 is 14.8 Å². The molecule has 3 rings (SSSR count). The van der Waals surface area contributed by atoms with Gasteiger partial charge in [-0.3, -0.25) is 19.3 Å². The van der Waals surface area contributed by atoms with E-state index in [0.29, 0.717) is 27.8 Å². The lowest BCUT2D eigenvalue weighted by molar-refractivity contribution is -0.127. The Morgan fingerprint density at radius 1 is 1.14 bits per heavy atom. The Labute approximate surface area is 176 Å². The van der Waals surface area contributed by atoms with Gasteiger partial charge in [0.1, 0.15) is 6.54 Å². The van der Waals surface area contributed by atoms with Gasteiger partial charge in [-0.25, -0.2) is 0 Å². The maximum atomic E-state index is 12.6. The van der Waals surface area contributed by atoms with Crippen molar-refractivity contribution in [2.75, 3.05) is 26.1 Å². The van der Waals surface area contributed by atoms with Crippen LogP contribution in [0.4, 0.5) is 10.5 Å². The number of ether oxygens (including phenoxy) is 2. The van der Waals surface area contributed by atoms with Gasteiger partial charge >= 0.3 is 0 Å². The van der Waals surface area contributed by atoms with Crippen LogP contribution in [0.3, 0.4) is 0 Å². The minimum Gasteiger partial charge on any atom is -0.493 e. The van der Waals surface area contributed by atoms with Crippen LogP contribution in [0.1, 0.15) is 5.56 Å². The van der Waals surface area contributed by atoms with Crippen LogP contribution in [0, 0.1) is 0 Å². The van der Waals surface area contributed by atoms with Crippen molar-refractivity contribution in [3.63, 3.8) is 0 Å². The number of thioether (sulfide) groups is 1. The molecule has 0 atom stereocenters. The predicted molar refractivity (Wildman–Crippen MR) is 112 cm³/mol. The Kier molecular flexibility index (Phi) is 6.46. The number of benzene rings is 2. The number of anilines is 1. The van der Waals surface area contributed by atoms with E-state index in [1.165, 1.54) is 14.2 Å². The summed E-state index contributed by atoms with van der Waals surface area (Å²) in [5.74, 6) is -0.00884. The van der Waals surface area contributed by atoms with Gasteiger partial charge < -0.3 is 14.8 Å². The molecule has 0 unspecified atom stereocenters. The highest BCUT2D eigenvalue weighted by atomic mass is 35.5. The monoisotopic (exact) mass is 432 g/mol. The van der Waals surface area contributed by atoms with E-state index in [9.17, 15) is 14.4 Å². The van der Waals surface area contributed by atoms with Gasteiger partial charge in [-0.05, 0) is 47.7 Å². The standard InChI is InChI=1S/C20H17ClN2O5S/c1-27-15-8-7-12(9-16(15)28-2)10-17-19(25)23(20(26)29-17)11-18(24)22-14-6-4-3-5-13(14)21/h3-10H,11H2,1-2H3,(H,22,24). The number of carbonyl (C=O) groups excluding carboxylic acids is 3. The number of imide groups is 1. The average molecular weight is 433 g/mol. The van der Waals surface area contributed by atoms with E-state index in [1.807, 2.05) is 0 Å². The molecular formula is C20H17ClN2O5S. The number of hydrogen-bond donors (Lipinski definition) is 1. The van der Waals surface area contributed by atoms with Gasteiger partial charge in [-0.2, -0.15) is 0 Å².